The summed E-state index contributed by atoms with van der Waals surface area (Å²) in [5.41, 5.74) is 0.101. The van der Waals surface area contributed by atoms with Gasteiger partial charge in [0.2, 0.25) is 0 Å². The highest BCUT2D eigenvalue weighted by molar-refractivity contribution is 6.48. The van der Waals surface area contributed by atoms with Gasteiger partial charge in [-0.1, -0.05) is 30.3 Å². The van der Waals surface area contributed by atoms with Crippen LogP contribution >= 0.6 is 0 Å². The molecule has 154 valence electrons. The van der Waals surface area contributed by atoms with Crippen LogP contribution in [0.4, 0.5) is 5.69 Å². The summed E-state index contributed by atoms with van der Waals surface area (Å²) in [6, 6.07) is 19.2. The van der Waals surface area contributed by atoms with Crippen LogP contribution in [0.1, 0.15) is 27.0 Å². The molecule has 31 heavy (non-hydrogen) atoms. The van der Waals surface area contributed by atoms with Crippen LogP contribution < -0.4 is 10.1 Å². The average molecular weight is 415 g/mol. The number of rotatable bonds is 7. The number of nitrogens with zero attached hydrogens (tertiary/aromatic N) is 1. The number of nitriles is 1. The first-order chi connectivity index (χ1) is 14.9. The van der Waals surface area contributed by atoms with Gasteiger partial charge >= 0.3 is 5.97 Å². The predicted octanol–water partition coefficient (Wildman–Crippen LogP) is 3.55. The summed E-state index contributed by atoms with van der Waals surface area (Å²) in [4.78, 5) is 23.9. The Balaban J connectivity index is 1.73. The molecular formula is C23H17N3O5. The third kappa shape index (κ3) is 5.05. The molecule has 4 N–H and O–H groups in total. The molecule has 3 rings (SSSR count). The maximum Gasteiger partial charge on any atom is 0.337 e. The van der Waals surface area contributed by atoms with Crippen molar-refractivity contribution in [2.45, 2.75) is 6.61 Å². The van der Waals surface area contributed by atoms with Gasteiger partial charge in [0.1, 0.15) is 23.8 Å². The second-order valence-corrected chi connectivity index (χ2v) is 6.46. The normalized spacial score (nSPS) is 10.0. The molecule has 0 spiro atoms. The monoisotopic (exact) mass is 415 g/mol. The summed E-state index contributed by atoms with van der Waals surface area (Å²) in [7, 11) is 0. The first kappa shape index (κ1) is 21.1. The molecule has 0 fully saturated rings. The quantitative estimate of drug-likeness (QED) is 0.435. The molecule has 0 aliphatic carbocycles. The lowest BCUT2D eigenvalue weighted by molar-refractivity contribution is -0.110. The number of ether oxygens (including phenoxy) is 1. The van der Waals surface area contributed by atoms with Crippen molar-refractivity contribution < 1.29 is 24.5 Å². The number of phenols is 1. The second-order valence-electron chi connectivity index (χ2n) is 6.46. The molecule has 8 heteroatoms. The molecule has 3 aromatic rings. The maximum atomic E-state index is 12.5. The number of benzene rings is 3. The number of amides is 1. The minimum atomic E-state index is -1.33. The number of anilines is 1. The largest absolute Gasteiger partial charge is 0.507 e. The summed E-state index contributed by atoms with van der Waals surface area (Å²) in [6.45, 7) is 0.286. The molecule has 8 nitrogen and oxygen atoms in total. The highest BCUT2D eigenvalue weighted by Gasteiger charge is 2.19. The number of aromatic carboxylic acids is 1. The smallest absolute Gasteiger partial charge is 0.337 e. The lowest BCUT2D eigenvalue weighted by atomic mass is 10.1. The Labute approximate surface area is 177 Å². The van der Waals surface area contributed by atoms with Crippen molar-refractivity contribution in [2.75, 3.05) is 5.32 Å². The summed E-state index contributed by atoms with van der Waals surface area (Å²) in [5, 5.41) is 38.9. The van der Waals surface area contributed by atoms with Crippen LogP contribution in [0.2, 0.25) is 0 Å². The zero-order chi connectivity index (χ0) is 22.4. The number of aromatic hydroxyl groups is 1. The fourth-order valence-electron chi connectivity index (χ4n) is 2.76. The van der Waals surface area contributed by atoms with Gasteiger partial charge in [0.15, 0.2) is 0 Å². The average Bonchev–Trinajstić information content (AvgIpc) is 2.78. The summed E-state index contributed by atoms with van der Waals surface area (Å²) < 4.78 is 5.61. The third-order valence-electron chi connectivity index (χ3n) is 4.34. The van der Waals surface area contributed by atoms with Gasteiger partial charge in [0.25, 0.3) is 5.91 Å². The van der Waals surface area contributed by atoms with E-state index >= 15 is 0 Å². The SMILES string of the molecule is N#Cc1ccc(NC(=O)C(=N)c2ccc(OCc3ccccc3)cc2O)c(C(=O)O)c1. The zero-order valence-electron chi connectivity index (χ0n) is 16.1. The van der Waals surface area contributed by atoms with Crippen LogP contribution in [-0.2, 0) is 11.4 Å². The second kappa shape index (κ2) is 9.24. The van der Waals surface area contributed by atoms with Crippen molar-refractivity contribution in [3.8, 4) is 17.6 Å². The Morgan fingerprint density at radius 2 is 1.77 bits per heavy atom. The van der Waals surface area contributed by atoms with Crippen molar-refractivity contribution >= 4 is 23.3 Å². The van der Waals surface area contributed by atoms with E-state index in [1.54, 1.807) is 0 Å². The number of carbonyl (C=O) groups is 2. The van der Waals surface area contributed by atoms with E-state index in [9.17, 15) is 19.8 Å². The van der Waals surface area contributed by atoms with Crippen molar-refractivity contribution in [2.24, 2.45) is 0 Å². The van der Waals surface area contributed by atoms with Crippen LogP contribution in [0.5, 0.6) is 11.5 Å². The molecule has 1 amide bonds. The first-order valence-corrected chi connectivity index (χ1v) is 9.06. The van der Waals surface area contributed by atoms with Crippen molar-refractivity contribution in [1.29, 1.82) is 10.7 Å². The molecule has 0 saturated heterocycles. The fraction of sp³-hybridized carbons (Fsp3) is 0.0435. The minimum Gasteiger partial charge on any atom is -0.507 e. The van der Waals surface area contributed by atoms with Gasteiger partial charge in [-0.05, 0) is 35.9 Å². The minimum absolute atomic E-state index is 0.0462. The number of carbonyl (C=O) groups excluding carboxylic acids is 1. The van der Waals surface area contributed by atoms with Crippen LogP contribution in [0.3, 0.4) is 0 Å². The number of nitrogens with one attached hydrogen (secondary N) is 2. The van der Waals surface area contributed by atoms with Crippen molar-refractivity contribution in [1.82, 2.24) is 0 Å². The third-order valence-corrected chi connectivity index (χ3v) is 4.34. The lowest BCUT2D eigenvalue weighted by Gasteiger charge is -2.12. The predicted molar refractivity (Wildman–Crippen MR) is 112 cm³/mol. The van der Waals surface area contributed by atoms with Crippen LogP contribution in [0, 0.1) is 16.7 Å². The van der Waals surface area contributed by atoms with Gasteiger partial charge in [-0.3, -0.25) is 10.2 Å². The molecule has 0 aromatic heterocycles. The van der Waals surface area contributed by atoms with Gasteiger partial charge in [-0.25, -0.2) is 4.79 Å². The molecule has 0 aliphatic heterocycles. The Kier molecular flexibility index (Phi) is 6.28. The van der Waals surface area contributed by atoms with Gasteiger partial charge in [0.05, 0.1) is 22.9 Å². The Morgan fingerprint density at radius 1 is 1.03 bits per heavy atom. The molecule has 0 atom stereocenters. The molecule has 3 aromatic carbocycles. The van der Waals surface area contributed by atoms with E-state index in [4.69, 9.17) is 15.4 Å². The molecule has 0 saturated carbocycles. The fourth-order valence-corrected chi connectivity index (χ4v) is 2.76. The van der Waals surface area contributed by atoms with Crippen LogP contribution in [-0.4, -0.2) is 27.8 Å². The van der Waals surface area contributed by atoms with E-state index in [2.05, 4.69) is 5.32 Å². The highest BCUT2D eigenvalue weighted by Crippen LogP contribution is 2.25. The van der Waals surface area contributed by atoms with E-state index in [-0.39, 0.29) is 34.7 Å². The van der Waals surface area contributed by atoms with E-state index in [1.807, 2.05) is 36.4 Å². The molecule has 0 aliphatic rings. The van der Waals surface area contributed by atoms with Gasteiger partial charge in [0, 0.05) is 11.6 Å². The first-order valence-electron chi connectivity index (χ1n) is 9.06. The van der Waals surface area contributed by atoms with E-state index in [0.29, 0.717) is 5.75 Å². The molecule has 0 bridgehead atoms. The number of carboxylic acid groups (broad SMARTS) is 1. The maximum absolute atomic E-state index is 12.5. The standard InChI is InChI=1S/C23H17N3O5/c24-12-15-6-9-19(18(10-15)23(29)30)26-22(28)21(25)17-8-7-16(11-20(17)27)31-13-14-4-2-1-3-5-14/h1-11,25,27H,13H2,(H,26,28)(H,29,30). The van der Waals surface area contributed by atoms with Crippen molar-refractivity contribution in [3.05, 3.63) is 89.0 Å². The van der Waals surface area contributed by atoms with Crippen LogP contribution in [0.25, 0.3) is 0 Å². The molecule has 0 heterocycles. The molecule has 0 unspecified atom stereocenters. The van der Waals surface area contributed by atoms with Gasteiger partial charge < -0.3 is 20.3 Å². The lowest BCUT2D eigenvalue weighted by Crippen LogP contribution is -2.24. The van der Waals surface area contributed by atoms with Gasteiger partial charge in [-0.15, -0.1) is 0 Å². The zero-order valence-corrected chi connectivity index (χ0v) is 16.1. The highest BCUT2D eigenvalue weighted by atomic mass is 16.5. The number of hydrogen-bond donors (Lipinski definition) is 4. The Hall–Kier alpha value is -4.64. The number of phenolic OH excluding ortho intramolecular Hbond substituents is 1. The van der Waals surface area contributed by atoms with Crippen molar-refractivity contribution in [3.63, 3.8) is 0 Å². The van der Waals surface area contributed by atoms with Gasteiger partial charge in [-0.2, -0.15) is 5.26 Å². The Morgan fingerprint density at radius 3 is 2.42 bits per heavy atom. The molecule has 0 radical (unpaired) electrons. The summed E-state index contributed by atoms with van der Waals surface area (Å²) >= 11 is 0. The van der Waals surface area contributed by atoms with E-state index in [1.165, 1.54) is 30.3 Å². The van der Waals surface area contributed by atoms with Crippen LogP contribution in [0.15, 0.2) is 66.7 Å². The summed E-state index contributed by atoms with van der Waals surface area (Å²) in [5.74, 6) is -2.22. The topological polar surface area (TPSA) is 144 Å². The molecular weight excluding hydrogens is 398 g/mol. The summed E-state index contributed by atoms with van der Waals surface area (Å²) in [6.07, 6.45) is 0. The van der Waals surface area contributed by atoms with E-state index < -0.39 is 17.6 Å². The van der Waals surface area contributed by atoms with E-state index in [0.717, 1.165) is 11.6 Å². The Bertz CT molecular complexity index is 1200. The number of carboxylic acids is 1. The number of hydrogen-bond acceptors (Lipinski definition) is 6.